The summed E-state index contributed by atoms with van der Waals surface area (Å²) < 4.78 is 0. The highest BCUT2D eigenvalue weighted by atomic mass is 16.4. The summed E-state index contributed by atoms with van der Waals surface area (Å²) in [5, 5.41) is 14.2. The van der Waals surface area contributed by atoms with E-state index in [0.717, 1.165) is 26.1 Å². The number of amides is 2. The standard InChI is InChI=1S/C13H27N3O3/c1-5-16(6-2)9-7-8-14-12(19)15-10-13(3,4)11(17)18/h5-10H2,1-4H3,(H,17,18)(H2,14,15,19). The van der Waals surface area contributed by atoms with Crippen molar-refractivity contribution in [3.8, 4) is 0 Å². The number of carbonyl (C=O) groups is 2. The Morgan fingerprint density at radius 3 is 2.21 bits per heavy atom. The zero-order valence-electron chi connectivity index (χ0n) is 12.5. The first kappa shape index (κ1) is 17.7. The number of urea groups is 1. The lowest BCUT2D eigenvalue weighted by atomic mass is 9.94. The number of rotatable bonds is 9. The van der Waals surface area contributed by atoms with Gasteiger partial charge in [0.2, 0.25) is 0 Å². The van der Waals surface area contributed by atoms with Crippen LogP contribution in [0.3, 0.4) is 0 Å². The van der Waals surface area contributed by atoms with E-state index in [1.54, 1.807) is 13.8 Å². The zero-order chi connectivity index (χ0) is 14.9. The van der Waals surface area contributed by atoms with Crippen LogP contribution in [0.5, 0.6) is 0 Å². The maximum atomic E-state index is 11.5. The van der Waals surface area contributed by atoms with Gasteiger partial charge in [0.15, 0.2) is 0 Å². The second kappa shape index (κ2) is 8.74. The molecule has 0 unspecified atom stereocenters. The third-order valence-corrected chi connectivity index (χ3v) is 3.10. The van der Waals surface area contributed by atoms with E-state index in [0.29, 0.717) is 6.54 Å². The largest absolute Gasteiger partial charge is 0.481 e. The summed E-state index contributed by atoms with van der Waals surface area (Å²) in [7, 11) is 0. The molecule has 112 valence electrons. The van der Waals surface area contributed by atoms with Gasteiger partial charge in [0, 0.05) is 13.1 Å². The number of aliphatic carboxylic acids is 1. The molecule has 6 heteroatoms. The van der Waals surface area contributed by atoms with Crippen molar-refractivity contribution < 1.29 is 14.7 Å². The second-order valence-corrected chi connectivity index (χ2v) is 5.18. The Morgan fingerprint density at radius 2 is 1.74 bits per heavy atom. The molecule has 19 heavy (non-hydrogen) atoms. The molecule has 0 aromatic rings. The number of carboxylic acids is 1. The summed E-state index contributed by atoms with van der Waals surface area (Å²) in [6.07, 6.45) is 0.886. The molecular weight excluding hydrogens is 246 g/mol. The molecule has 0 aliphatic heterocycles. The zero-order valence-corrected chi connectivity index (χ0v) is 12.5. The Labute approximate surface area is 115 Å². The second-order valence-electron chi connectivity index (χ2n) is 5.18. The minimum Gasteiger partial charge on any atom is -0.481 e. The predicted molar refractivity (Wildman–Crippen MR) is 75.2 cm³/mol. The number of nitrogens with zero attached hydrogens (tertiary/aromatic N) is 1. The van der Waals surface area contributed by atoms with Gasteiger partial charge in [-0.1, -0.05) is 13.8 Å². The fourth-order valence-electron chi connectivity index (χ4n) is 1.48. The van der Waals surface area contributed by atoms with E-state index in [2.05, 4.69) is 29.4 Å². The van der Waals surface area contributed by atoms with Gasteiger partial charge in [0.25, 0.3) is 0 Å². The third-order valence-electron chi connectivity index (χ3n) is 3.10. The predicted octanol–water partition coefficient (Wildman–Crippen LogP) is 1.13. The van der Waals surface area contributed by atoms with Crippen LogP contribution in [0.1, 0.15) is 34.1 Å². The first-order valence-corrected chi connectivity index (χ1v) is 6.81. The molecule has 0 saturated heterocycles. The summed E-state index contributed by atoms with van der Waals surface area (Å²) >= 11 is 0. The molecule has 2 amide bonds. The van der Waals surface area contributed by atoms with Crippen molar-refractivity contribution in [1.29, 1.82) is 0 Å². The van der Waals surface area contributed by atoms with Crippen molar-refractivity contribution in [1.82, 2.24) is 15.5 Å². The highest BCUT2D eigenvalue weighted by molar-refractivity contribution is 5.77. The van der Waals surface area contributed by atoms with E-state index < -0.39 is 11.4 Å². The molecule has 3 N–H and O–H groups in total. The molecule has 0 aliphatic rings. The lowest BCUT2D eigenvalue weighted by molar-refractivity contribution is -0.146. The van der Waals surface area contributed by atoms with E-state index >= 15 is 0 Å². The molecule has 0 bridgehead atoms. The van der Waals surface area contributed by atoms with Gasteiger partial charge in [-0.2, -0.15) is 0 Å². The van der Waals surface area contributed by atoms with Crippen LogP contribution in [0.4, 0.5) is 4.79 Å². The highest BCUT2D eigenvalue weighted by Crippen LogP contribution is 2.12. The summed E-state index contributed by atoms with van der Waals surface area (Å²) in [6.45, 7) is 11.1. The molecule has 0 aromatic heterocycles. The summed E-state index contributed by atoms with van der Waals surface area (Å²) in [4.78, 5) is 24.6. The van der Waals surface area contributed by atoms with E-state index in [1.165, 1.54) is 0 Å². The normalized spacial score (nSPS) is 11.4. The van der Waals surface area contributed by atoms with Crippen LogP contribution in [0.15, 0.2) is 0 Å². The Bertz CT molecular complexity index is 289. The van der Waals surface area contributed by atoms with Crippen molar-refractivity contribution >= 4 is 12.0 Å². The van der Waals surface area contributed by atoms with Crippen LogP contribution in [-0.2, 0) is 4.79 Å². The fraction of sp³-hybridized carbons (Fsp3) is 0.846. The maximum absolute atomic E-state index is 11.5. The minimum atomic E-state index is -0.946. The van der Waals surface area contributed by atoms with Gasteiger partial charge in [-0.05, 0) is 39.9 Å². The maximum Gasteiger partial charge on any atom is 0.314 e. The first-order chi connectivity index (χ1) is 8.83. The van der Waals surface area contributed by atoms with E-state index in [-0.39, 0.29) is 12.6 Å². The topological polar surface area (TPSA) is 81.7 Å². The lowest BCUT2D eigenvalue weighted by Gasteiger charge is -2.20. The van der Waals surface area contributed by atoms with Crippen LogP contribution in [-0.4, -0.2) is 54.7 Å². The van der Waals surface area contributed by atoms with Crippen molar-refractivity contribution in [2.75, 3.05) is 32.7 Å². The van der Waals surface area contributed by atoms with Crippen molar-refractivity contribution in [3.63, 3.8) is 0 Å². The molecule has 0 fully saturated rings. The Morgan fingerprint density at radius 1 is 1.16 bits per heavy atom. The minimum absolute atomic E-state index is 0.115. The number of carbonyl (C=O) groups excluding carboxylic acids is 1. The molecule has 0 saturated carbocycles. The van der Waals surface area contributed by atoms with Gasteiger partial charge in [-0.3, -0.25) is 4.79 Å². The van der Waals surface area contributed by atoms with E-state index in [4.69, 9.17) is 5.11 Å². The Hall–Kier alpha value is -1.30. The number of carboxylic acid groups (broad SMARTS) is 1. The number of hydrogen-bond donors (Lipinski definition) is 3. The lowest BCUT2D eigenvalue weighted by Crippen LogP contribution is -2.44. The van der Waals surface area contributed by atoms with E-state index in [1.807, 2.05) is 0 Å². The fourth-order valence-corrected chi connectivity index (χ4v) is 1.48. The quantitative estimate of drug-likeness (QED) is 0.550. The SMILES string of the molecule is CCN(CC)CCCNC(=O)NCC(C)(C)C(=O)O. The molecule has 0 spiro atoms. The Balaban J connectivity index is 3.74. The monoisotopic (exact) mass is 273 g/mol. The van der Waals surface area contributed by atoms with Gasteiger partial charge in [-0.25, -0.2) is 4.79 Å². The van der Waals surface area contributed by atoms with Gasteiger partial charge in [-0.15, -0.1) is 0 Å². The van der Waals surface area contributed by atoms with Crippen molar-refractivity contribution in [2.45, 2.75) is 34.1 Å². The van der Waals surface area contributed by atoms with Gasteiger partial charge >= 0.3 is 12.0 Å². The average Bonchev–Trinajstić information content (AvgIpc) is 2.36. The van der Waals surface area contributed by atoms with E-state index in [9.17, 15) is 9.59 Å². The molecular formula is C13H27N3O3. The van der Waals surface area contributed by atoms with Gasteiger partial charge in [0.05, 0.1) is 5.41 Å². The Kier molecular flexibility index (Phi) is 8.14. The van der Waals surface area contributed by atoms with Crippen LogP contribution in [0.2, 0.25) is 0 Å². The average molecular weight is 273 g/mol. The summed E-state index contributed by atoms with van der Waals surface area (Å²) in [5.74, 6) is -0.922. The van der Waals surface area contributed by atoms with Crippen molar-refractivity contribution in [3.05, 3.63) is 0 Å². The molecule has 0 aliphatic carbocycles. The molecule has 0 radical (unpaired) electrons. The smallest absolute Gasteiger partial charge is 0.314 e. The first-order valence-electron chi connectivity index (χ1n) is 6.81. The van der Waals surface area contributed by atoms with Crippen LogP contribution in [0.25, 0.3) is 0 Å². The van der Waals surface area contributed by atoms with Crippen LogP contribution in [0, 0.1) is 5.41 Å². The van der Waals surface area contributed by atoms with Crippen LogP contribution >= 0.6 is 0 Å². The molecule has 0 rings (SSSR count). The number of nitrogens with one attached hydrogen (secondary N) is 2. The molecule has 0 heterocycles. The molecule has 0 aromatic carbocycles. The van der Waals surface area contributed by atoms with Crippen LogP contribution < -0.4 is 10.6 Å². The highest BCUT2D eigenvalue weighted by Gasteiger charge is 2.27. The molecule has 6 nitrogen and oxygen atoms in total. The molecule has 0 atom stereocenters. The van der Waals surface area contributed by atoms with Gasteiger partial charge in [0.1, 0.15) is 0 Å². The summed E-state index contributed by atoms with van der Waals surface area (Å²) in [5.41, 5.74) is -0.946. The number of hydrogen-bond acceptors (Lipinski definition) is 3. The van der Waals surface area contributed by atoms with Gasteiger partial charge < -0.3 is 20.6 Å². The van der Waals surface area contributed by atoms with Crippen molar-refractivity contribution in [2.24, 2.45) is 5.41 Å². The third kappa shape index (κ3) is 7.66. The summed E-state index contributed by atoms with van der Waals surface area (Å²) in [6, 6.07) is -0.311.